The molecule has 1 N–H and O–H groups in total. The second kappa shape index (κ2) is 3.61. The van der Waals surface area contributed by atoms with Crippen molar-refractivity contribution in [2.45, 2.75) is 6.04 Å². The third-order valence-electron chi connectivity index (χ3n) is 1.45. The Morgan fingerprint density at radius 3 is 2.33 bits per heavy atom. The number of nitroso groups, excluding NO2 is 1. The van der Waals surface area contributed by atoms with Gasteiger partial charge in [0, 0.05) is 0 Å². The van der Waals surface area contributed by atoms with Crippen molar-refractivity contribution >= 4 is 5.97 Å². The predicted octanol–water partition coefficient (Wildman–Crippen LogP) is 1.58. The van der Waals surface area contributed by atoms with Crippen molar-refractivity contribution in [3.8, 4) is 0 Å². The predicted molar refractivity (Wildman–Crippen MR) is 42.6 cm³/mol. The maximum Gasteiger partial charge on any atom is 0.336 e. The van der Waals surface area contributed by atoms with Crippen LogP contribution in [-0.2, 0) is 4.79 Å². The first kappa shape index (κ1) is 8.39. The summed E-state index contributed by atoms with van der Waals surface area (Å²) in [4.78, 5) is 20.6. The Hall–Kier alpha value is -1.71. The number of hydrogen-bond acceptors (Lipinski definition) is 3. The summed E-state index contributed by atoms with van der Waals surface area (Å²) in [5, 5.41) is 11.0. The van der Waals surface area contributed by atoms with Gasteiger partial charge in [0.1, 0.15) is 0 Å². The van der Waals surface area contributed by atoms with Gasteiger partial charge in [0.15, 0.2) is 0 Å². The first-order chi connectivity index (χ1) is 5.75. The topological polar surface area (TPSA) is 66.7 Å². The molecule has 0 heterocycles. The maximum atomic E-state index is 10.4. The number of carbonyl (C=O) groups is 1. The molecule has 62 valence electrons. The summed E-state index contributed by atoms with van der Waals surface area (Å²) in [6.45, 7) is 0. The van der Waals surface area contributed by atoms with Gasteiger partial charge in [0.25, 0.3) is 0 Å². The number of hydrogen-bond donors (Lipinski definition) is 1. The van der Waals surface area contributed by atoms with Crippen molar-refractivity contribution in [3.63, 3.8) is 0 Å². The number of carboxylic acids is 1. The Balaban J connectivity index is 2.95. The SMILES string of the molecule is O=NC(C(=O)O)c1ccccc1. The lowest BCUT2D eigenvalue weighted by Crippen LogP contribution is -2.07. The average Bonchev–Trinajstić information content (AvgIpc) is 2.07. The molecular weight excluding hydrogens is 158 g/mol. The molecule has 1 aromatic carbocycles. The molecule has 0 saturated carbocycles. The van der Waals surface area contributed by atoms with Crippen LogP contribution in [0.15, 0.2) is 35.5 Å². The Labute approximate surface area is 68.8 Å². The molecule has 0 bridgehead atoms. The molecule has 1 atom stereocenters. The van der Waals surface area contributed by atoms with Crippen molar-refractivity contribution in [1.82, 2.24) is 0 Å². The molecule has 0 radical (unpaired) electrons. The van der Waals surface area contributed by atoms with Gasteiger partial charge in [0.05, 0.1) is 0 Å². The van der Waals surface area contributed by atoms with E-state index in [0.29, 0.717) is 5.56 Å². The van der Waals surface area contributed by atoms with Gasteiger partial charge in [-0.1, -0.05) is 30.3 Å². The molecule has 0 aromatic heterocycles. The van der Waals surface area contributed by atoms with E-state index in [9.17, 15) is 9.70 Å². The zero-order chi connectivity index (χ0) is 8.97. The van der Waals surface area contributed by atoms with Crippen molar-refractivity contribution in [2.75, 3.05) is 0 Å². The number of aliphatic carboxylic acids is 1. The van der Waals surface area contributed by atoms with Crippen molar-refractivity contribution in [2.24, 2.45) is 5.18 Å². The Morgan fingerprint density at radius 2 is 1.92 bits per heavy atom. The van der Waals surface area contributed by atoms with Crippen LogP contribution in [0.4, 0.5) is 0 Å². The summed E-state index contributed by atoms with van der Waals surface area (Å²) in [6, 6.07) is 6.90. The summed E-state index contributed by atoms with van der Waals surface area (Å²) >= 11 is 0. The van der Waals surface area contributed by atoms with Crippen LogP contribution in [0.25, 0.3) is 0 Å². The van der Waals surface area contributed by atoms with E-state index in [4.69, 9.17) is 5.11 Å². The molecule has 0 amide bonds. The average molecular weight is 165 g/mol. The monoisotopic (exact) mass is 165 g/mol. The third kappa shape index (κ3) is 1.66. The fourth-order valence-electron chi connectivity index (χ4n) is 0.884. The van der Waals surface area contributed by atoms with E-state index < -0.39 is 12.0 Å². The zero-order valence-electron chi connectivity index (χ0n) is 6.18. The summed E-state index contributed by atoms with van der Waals surface area (Å²) in [5.74, 6) is -1.23. The minimum atomic E-state index is -1.29. The quantitative estimate of drug-likeness (QED) is 0.691. The van der Waals surface area contributed by atoms with Gasteiger partial charge >= 0.3 is 5.97 Å². The molecule has 0 aliphatic heterocycles. The Morgan fingerprint density at radius 1 is 1.33 bits per heavy atom. The van der Waals surface area contributed by atoms with Gasteiger partial charge in [0.2, 0.25) is 6.04 Å². The summed E-state index contributed by atoms with van der Waals surface area (Å²) in [7, 11) is 0. The molecule has 0 aliphatic rings. The molecule has 4 nitrogen and oxygen atoms in total. The van der Waals surface area contributed by atoms with Crippen LogP contribution in [0.2, 0.25) is 0 Å². The number of nitrogens with zero attached hydrogens (tertiary/aromatic N) is 1. The van der Waals surface area contributed by atoms with E-state index >= 15 is 0 Å². The van der Waals surface area contributed by atoms with Gasteiger partial charge in [-0.2, -0.15) is 0 Å². The third-order valence-corrected chi connectivity index (χ3v) is 1.45. The molecule has 0 aliphatic carbocycles. The van der Waals surface area contributed by atoms with Crippen molar-refractivity contribution in [3.05, 3.63) is 40.8 Å². The number of benzene rings is 1. The molecule has 0 fully saturated rings. The van der Waals surface area contributed by atoms with Crippen LogP contribution in [0.5, 0.6) is 0 Å². The highest BCUT2D eigenvalue weighted by Gasteiger charge is 2.19. The van der Waals surface area contributed by atoms with Crippen LogP contribution in [-0.4, -0.2) is 11.1 Å². The van der Waals surface area contributed by atoms with E-state index in [1.165, 1.54) is 0 Å². The Bertz CT molecular complexity index is 284. The fourth-order valence-corrected chi connectivity index (χ4v) is 0.884. The van der Waals surface area contributed by atoms with Crippen LogP contribution >= 0.6 is 0 Å². The van der Waals surface area contributed by atoms with E-state index in [0.717, 1.165) is 0 Å². The van der Waals surface area contributed by atoms with Gasteiger partial charge in [-0.05, 0) is 10.7 Å². The van der Waals surface area contributed by atoms with Crippen LogP contribution in [0.1, 0.15) is 11.6 Å². The summed E-state index contributed by atoms with van der Waals surface area (Å²) in [5.41, 5.74) is 0.403. The highest BCUT2D eigenvalue weighted by atomic mass is 16.4. The molecule has 1 rings (SSSR count). The van der Waals surface area contributed by atoms with Gasteiger partial charge in [-0.3, -0.25) is 0 Å². The normalized spacial score (nSPS) is 12.0. The van der Waals surface area contributed by atoms with Gasteiger partial charge in [-0.15, -0.1) is 4.91 Å². The molecule has 1 unspecified atom stereocenters. The van der Waals surface area contributed by atoms with Gasteiger partial charge in [-0.25, -0.2) is 4.79 Å². The fraction of sp³-hybridized carbons (Fsp3) is 0.125. The van der Waals surface area contributed by atoms with Crippen LogP contribution < -0.4 is 0 Å². The van der Waals surface area contributed by atoms with Crippen LogP contribution in [0, 0.1) is 4.91 Å². The molecule has 0 spiro atoms. The van der Waals surface area contributed by atoms with Crippen LogP contribution in [0.3, 0.4) is 0 Å². The van der Waals surface area contributed by atoms with E-state index in [1.54, 1.807) is 30.3 Å². The lowest BCUT2D eigenvalue weighted by Gasteiger charge is -2.01. The minimum Gasteiger partial charge on any atom is -0.479 e. The first-order valence-electron chi connectivity index (χ1n) is 3.36. The second-order valence-corrected chi connectivity index (χ2v) is 2.26. The molecule has 4 heteroatoms. The summed E-state index contributed by atoms with van der Waals surface area (Å²) < 4.78 is 0. The van der Waals surface area contributed by atoms with E-state index in [2.05, 4.69) is 5.18 Å². The van der Waals surface area contributed by atoms with Crippen molar-refractivity contribution < 1.29 is 9.90 Å². The highest BCUT2D eigenvalue weighted by molar-refractivity contribution is 5.75. The smallest absolute Gasteiger partial charge is 0.336 e. The lowest BCUT2D eigenvalue weighted by molar-refractivity contribution is -0.138. The Kier molecular flexibility index (Phi) is 2.53. The molecular formula is C8H7NO3. The standard InChI is InChI=1S/C8H7NO3/c10-8(11)7(9-12)6-4-2-1-3-5-6/h1-5,7H,(H,10,11). The van der Waals surface area contributed by atoms with Gasteiger partial charge < -0.3 is 5.11 Å². The maximum absolute atomic E-state index is 10.4. The molecule has 0 saturated heterocycles. The second-order valence-electron chi connectivity index (χ2n) is 2.26. The highest BCUT2D eigenvalue weighted by Crippen LogP contribution is 2.15. The van der Waals surface area contributed by atoms with E-state index in [-0.39, 0.29) is 0 Å². The number of rotatable bonds is 3. The lowest BCUT2D eigenvalue weighted by atomic mass is 10.1. The molecule has 12 heavy (non-hydrogen) atoms. The first-order valence-corrected chi connectivity index (χ1v) is 3.36. The van der Waals surface area contributed by atoms with Crippen molar-refractivity contribution in [1.29, 1.82) is 0 Å². The minimum absolute atomic E-state index is 0.403. The zero-order valence-corrected chi connectivity index (χ0v) is 6.18. The van der Waals surface area contributed by atoms with E-state index in [1.807, 2.05) is 0 Å². The number of carboxylic acid groups (broad SMARTS) is 1. The summed E-state index contributed by atoms with van der Waals surface area (Å²) in [6.07, 6.45) is 0. The molecule has 1 aromatic rings. The largest absolute Gasteiger partial charge is 0.479 e.